The van der Waals surface area contributed by atoms with Crippen molar-refractivity contribution in [1.29, 1.82) is 0 Å². The Balaban J connectivity index is 2.18. The molecule has 2 atom stereocenters. The van der Waals surface area contributed by atoms with E-state index in [0.717, 1.165) is 24.3 Å². The standard InChI is InChI=1S/C17H24O/c1-4-14-8-6-9-15(11-14)17(18)16-10-5-7-12(2)13(16)3/h5,7,10,14-15H,4,6,8-9,11H2,1-3H3. The zero-order valence-electron chi connectivity index (χ0n) is 11.8. The molecule has 0 heterocycles. The topological polar surface area (TPSA) is 17.1 Å². The van der Waals surface area contributed by atoms with Crippen molar-refractivity contribution in [3.8, 4) is 0 Å². The third-order valence-corrected chi connectivity index (χ3v) is 4.60. The number of rotatable bonds is 3. The van der Waals surface area contributed by atoms with Gasteiger partial charge in [0.05, 0.1) is 0 Å². The molecule has 0 spiro atoms. The average molecular weight is 244 g/mol. The fourth-order valence-electron chi connectivity index (χ4n) is 3.14. The van der Waals surface area contributed by atoms with Crippen LogP contribution in [0.3, 0.4) is 0 Å². The summed E-state index contributed by atoms with van der Waals surface area (Å²) in [6.45, 7) is 6.40. The molecule has 0 aliphatic heterocycles. The summed E-state index contributed by atoms with van der Waals surface area (Å²) < 4.78 is 0. The second kappa shape index (κ2) is 5.69. The van der Waals surface area contributed by atoms with Crippen LogP contribution in [0, 0.1) is 25.7 Å². The van der Waals surface area contributed by atoms with Gasteiger partial charge in [-0.25, -0.2) is 0 Å². The molecule has 1 fully saturated rings. The van der Waals surface area contributed by atoms with Gasteiger partial charge < -0.3 is 0 Å². The van der Waals surface area contributed by atoms with Crippen LogP contribution in [0.1, 0.15) is 60.5 Å². The maximum absolute atomic E-state index is 12.6. The smallest absolute Gasteiger partial charge is 0.166 e. The van der Waals surface area contributed by atoms with Crippen molar-refractivity contribution in [2.45, 2.75) is 52.9 Å². The Kier molecular flexibility index (Phi) is 4.21. The molecule has 0 bridgehead atoms. The zero-order chi connectivity index (χ0) is 13.1. The van der Waals surface area contributed by atoms with Crippen LogP contribution in [0.4, 0.5) is 0 Å². The average Bonchev–Trinajstić information content (AvgIpc) is 2.41. The van der Waals surface area contributed by atoms with Crippen LogP contribution in [-0.4, -0.2) is 5.78 Å². The number of carbonyl (C=O) groups excluding carboxylic acids is 1. The fourth-order valence-corrected chi connectivity index (χ4v) is 3.14. The summed E-state index contributed by atoms with van der Waals surface area (Å²) in [5, 5.41) is 0. The molecule has 0 amide bonds. The zero-order valence-corrected chi connectivity index (χ0v) is 11.8. The second-order valence-corrected chi connectivity index (χ2v) is 5.75. The Hall–Kier alpha value is -1.11. The van der Waals surface area contributed by atoms with Crippen molar-refractivity contribution in [3.63, 3.8) is 0 Å². The molecule has 1 aromatic rings. The summed E-state index contributed by atoms with van der Waals surface area (Å²) in [5.74, 6) is 1.41. The first-order valence-corrected chi connectivity index (χ1v) is 7.24. The normalized spacial score (nSPS) is 23.9. The van der Waals surface area contributed by atoms with E-state index in [1.54, 1.807) is 0 Å². The Bertz CT molecular complexity index is 433. The van der Waals surface area contributed by atoms with E-state index < -0.39 is 0 Å². The van der Waals surface area contributed by atoms with Gasteiger partial charge in [-0.05, 0) is 43.7 Å². The molecule has 18 heavy (non-hydrogen) atoms. The summed E-state index contributed by atoms with van der Waals surface area (Å²) in [6, 6.07) is 6.09. The van der Waals surface area contributed by atoms with Gasteiger partial charge >= 0.3 is 0 Å². The first-order chi connectivity index (χ1) is 8.63. The monoisotopic (exact) mass is 244 g/mol. The number of hydrogen-bond acceptors (Lipinski definition) is 1. The molecule has 2 unspecified atom stereocenters. The van der Waals surface area contributed by atoms with Crippen LogP contribution >= 0.6 is 0 Å². The van der Waals surface area contributed by atoms with Crippen molar-refractivity contribution in [2.75, 3.05) is 0 Å². The summed E-state index contributed by atoms with van der Waals surface area (Å²) in [4.78, 5) is 12.6. The van der Waals surface area contributed by atoms with E-state index >= 15 is 0 Å². The Labute approximate surface area is 111 Å². The molecular weight excluding hydrogens is 220 g/mol. The summed E-state index contributed by atoms with van der Waals surface area (Å²) >= 11 is 0. The van der Waals surface area contributed by atoms with E-state index in [4.69, 9.17) is 0 Å². The molecule has 1 saturated carbocycles. The maximum Gasteiger partial charge on any atom is 0.166 e. The fraction of sp³-hybridized carbons (Fsp3) is 0.588. The predicted molar refractivity (Wildman–Crippen MR) is 76.0 cm³/mol. The van der Waals surface area contributed by atoms with Gasteiger partial charge in [-0.2, -0.15) is 0 Å². The second-order valence-electron chi connectivity index (χ2n) is 5.75. The van der Waals surface area contributed by atoms with Crippen LogP contribution in [0.25, 0.3) is 0 Å². The number of Topliss-reactive ketones (excluding diaryl/α,β-unsaturated/α-hetero) is 1. The first-order valence-electron chi connectivity index (χ1n) is 7.24. The maximum atomic E-state index is 12.6. The lowest BCUT2D eigenvalue weighted by atomic mass is 9.76. The van der Waals surface area contributed by atoms with Gasteiger partial charge in [0.1, 0.15) is 0 Å². The SMILES string of the molecule is CCC1CCCC(C(=O)c2cccc(C)c2C)C1. The number of aryl methyl sites for hydroxylation is 1. The molecule has 1 heteroatoms. The largest absolute Gasteiger partial charge is 0.294 e. The molecule has 1 aromatic carbocycles. The van der Waals surface area contributed by atoms with Gasteiger partial charge in [0, 0.05) is 11.5 Å². The predicted octanol–water partition coefficient (Wildman–Crippen LogP) is 4.70. The highest BCUT2D eigenvalue weighted by Gasteiger charge is 2.27. The van der Waals surface area contributed by atoms with E-state index in [2.05, 4.69) is 26.8 Å². The van der Waals surface area contributed by atoms with Gasteiger partial charge in [0.2, 0.25) is 0 Å². The lowest BCUT2D eigenvalue weighted by Crippen LogP contribution is -2.23. The molecule has 0 aromatic heterocycles. The molecule has 2 rings (SSSR count). The number of ketones is 1. The number of benzene rings is 1. The van der Waals surface area contributed by atoms with E-state index in [1.807, 2.05) is 12.1 Å². The first kappa shape index (κ1) is 13.3. The Morgan fingerprint density at radius 1 is 1.28 bits per heavy atom. The van der Waals surface area contributed by atoms with E-state index in [0.29, 0.717) is 5.78 Å². The molecule has 0 N–H and O–H groups in total. The van der Waals surface area contributed by atoms with Crippen LogP contribution < -0.4 is 0 Å². The minimum atomic E-state index is 0.268. The third-order valence-electron chi connectivity index (χ3n) is 4.60. The highest BCUT2D eigenvalue weighted by atomic mass is 16.1. The highest BCUT2D eigenvalue weighted by molar-refractivity contribution is 5.99. The van der Waals surface area contributed by atoms with Crippen LogP contribution in [0.5, 0.6) is 0 Å². The van der Waals surface area contributed by atoms with Crippen molar-refractivity contribution in [1.82, 2.24) is 0 Å². The summed E-state index contributed by atoms with van der Waals surface area (Å²) in [6.07, 6.45) is 5.94. The van der Waals surface area contributed by atoms with Crippen molar-refractivity contribution in [3.05, 3.63) is 34.9 Å². The van der Waals surface area contributed by atoms with E-state index in [9.17, 15) is 4.79 Å². The summed E-state index contributed by atoms with van der Waals surface area (Å²) in [5.41, 5.74) is 3.35. The van der Waals surface area contributed by atoms with E-state index in [-0.39, 0.29) is 5.92 Å². The quantitative estimate of drug-likeness (QED) is 0.704. The van der Waals surface area contributed by atoms with Crippen LogP contribution in [0.2, 0.25) is 0 Å². The van der Waals surface area contributed by atoms with Crippen LogP contribution in [-0.2, 0) is 0 Å². The lowest BCUT2D eigenvalue weighted by Gasteiger charge is -2.28. The Morgan fingerprint density at radius 2 is 2.06 bits per heavy atom. The molecule has 1 aliphatic rings. The van der Waals surface area contributed by atoms with Gasteiger partial charge in [0.15, 0.2) is 5.78 Å². The van der Waals surface area contributed by atoms with Crippen molar-refractivity contribution in [2.24, 2.45) is 11.8 Å². The molecule has 98 valence electrons. The van der Waals surface area contributed by atoms with Gasteiger partial charge in [-0.1, -0.05) is 44.4 Å². The van der Waals surface area contributed by atoms with Crippen molar-refractivity contribution < 1.29 is 4.79 Å². The molecular formula is C17H24O. The Morgan fingerprint density at radius 3 is 2.78 bits per heavy atom. The van der Waals surface area contributed by atoms with Gasteiger partial charge in [0.25, 0.3) is 0 Å². The van der Waals surface area contributed by atoms with Gasteiger partial charge in [-0.15, -0.1) is 0 Å². The van der Waals surface area contributed by atoms with Gasteiger partial charge in [-0.3, -0.25) is 4.79 Å². The minimum absolute atomic E-state index is 0.268. The molecule has 1 aliphatic carbocycles. The lowest BCUT2D eigenvalue weighted by molar-refractivity contribution is 0.0861. The van der Waals surface area contributed by atoms with Crippen LogP contribution in [0.15, 0.2) is 18.2 Å². The third kappa shape index (κ3) is 2.66. The number of carbonyl (C=O) groups is 1. The molecule has 0 radical (unpaired) electrons. The summed E-state index contributed by atoms with van der Waals surface area (Å²) in [7, 11) is 0. The molecule has 1 nitrogen and oxygen atoms in total. The molecule has 0 saturated heterocycles. The highest BCUT2D eigenvalue weighted by Crippen LogP contribution is 2.33. The van der Waals surface area contributed by atoms with Crippen molar-refractivity contribution >= 4 is 5.78 Å². The van der Waals surface area contributed by atoms with E-state index in [1.165, 1.54) is 30.4 Å². The number of hydrogen-bond donors (Lipinski definition) is 0. The minimum Gasteiger partial charge on any atom is -0.294 e.